The summed E-state index contributed by atoms with van der Waals surface area (Å²) in [5, 5.41) is 5.88. The second kappa shape index (κ2) is 7.64. The van der Waals surface area contributed by atoms with E-state index in [4.69, 9.17) is 0 Å². The van der Waals surface area contributed by atoms with Crippen LogP contribution in [-0.4, -0.2) is 32.8 Å². The van der Waals surface area contributed by atoms with Gasteiger partial charge in [0.15, 0.2) is 0 Å². The molecule has 3 rings (SSSR count). The van der Waals surface area contributed by atoms with E-state index in [0.29, 0.717) is 17.9 Å². The minimum Gasteiger partial charge on any atom is -0.335 e. The van der Waals surface area contributed by atoms with Crippen molar-refractivity contribution in [2.24, 2.45) is 0 Å². The van der Waals surface area contributed by atoms with Crippen LogP contribution in [0.5, 0.6) is 0 Å². The molecule has 1 aliphatic carbocycles. The van der Waals surface area contributed by atoms with Gasteiger partial charge in [-0.25, -0.2) is 13.2 Å². The number of sulfonamides is 1. The lowest BCUT2D eigenvalue weighted by molar-refractivity contribution is 0.244. The van der Waals surface area contributed by atoms with Gasteiger partial charge in [0.2, 0.25) is 10.0 Å². The van der Waals surface area contributed by atoms with Crippen molar-refractivity contribution in [3.05, 3.63) is 23.8 Å². The maximum absolute atomic E-state index is 12.3. The van der Waals surface area contributed by atoms with Gasteiger partial charge in [-0.05, 0) is 56.4 Å². The third-order valence-electron chi connectivity index (χ3n) is 5.01. The number of amides is 2. The number of nitrogens with one attached hydrogen (secondary N) is 2. The van der Waals surface area contributed by atoms with Gasteiger partial charge in [-0.3, -0.25) is 4.31 Å². The molecule has 1 aliphatic heterocycles. The van der Waals surface area contributed by atoms with Crippen LogP contribution >= 0.6 is 0 Å². The summed E-state index contributed by atoms with van der Waals surface area (Å²) in [6.07, 6.45) is 7.27. The van der Waals surface area contributed by atoms with Gasteiger partial charge in [0.1, 0.15) is 0 Å². The molecule has 1 saturated heterocycles. The van der Waals surface area contributed by atoms with E-state index in [1.807, 2.05) is 13.0 Å². The Kier molecular flexibility index (Phi) is 5.51. The summed E-state index contributed by atoms with van der Waals surface area (Å²) in [6.45, 7) is 2.40. The van der Waals surface area contributed by atoms with E-state index in [0.717, 1.165) is 31.2 Å². The number of benzene rings is 1. The maximum atomic E-state index is 12.3. The Bertz CT molecular complexity index is 727. The fourth-order valence-corrected chi connectivity index (χ4v) is 5.37. The summed E-state index contributed by atoms with van der Waals surface area (Å²) in [7, 11) is -3.22. The van der Waals surface area contributed by atoms with Gasteiger partial charge in [-0.15, -0.1) is 0 Å². The first kappa shape index (κ1) is 18.0. The van der Waals surface area contributed by atoms with Crippen molar-refractivity contribution in [3.63, 3.8) is 0 Å². The number of hydrogen-bond donors (Lipinski definition) is 2. The zero-order chi connectivity index (χ0) is 17.9. The predicted molar refractivity (Wildman–Crippen MR) is 101 cm³/mol. The summed E-state index contributed by atoms with van der Waals surface area (Å²) in [4.78, 5) is 12.2. The van der Waals surface area contributed by atoms with Gasteiger partial charge in [0, 0.05) is 18.3 Å². The highest BCUT2D eigenvalue weighted by atomic mass is 32.2. The zero-order valence-corrected chi connectivity index (χ0v) is 15.6. The number of hydrogen-bond acceptors (Lipinski definition) is 3. The fraction of sp³-hybridized carbons (Fsp3) is 0.611. The molecule has 0 unspecified atom stereocenters. The Morgan fingerprint density at radius 2 is 1.88 bits per heavy atom. The molecule has 0 aromatic heterocycles. The summed E-state index contributed by atoms with van der Waals surface area (Å²) in [6, 6.07) is 5.46. The Hall–Kier alpha value is -1.76. The van der Waals surface area contributed by atoms with Crippen LogP contribution in [0.3, 0.4) is 0 Å². The molecule has 2 amide bonds. The van der Waals surface area contributed by atoms with Crippen LogP contribution in [0.15, 0.2) is 18.2 Å². The van der Waals surface area contributed by atoms with Crippen LogP contribution in [0, 0.1) is 6.92 Å². The summed E-state index contributed by atoms with van der Waals surface area (Å²) < 4.78 is 26.0. The third-order valence-corrected chi connectivity index (χ3v) is 6.87. The van der Waals surface area contributed by atoms with Gasteiger partial charge in [0.25, 0.3) is 0 Å². The minimum atomic E-state index is -3.22. The molecule has 1 aromatic rings. The molecule has 1 saturated carbocycles. The van der Waals surface area contributed by atoms with Crippen LogP contribution in [-0.2, 0) is 10.0 Å². The van der Waals surface area contributed by atoms with Gasteiger partial charge in [-0.1, -0.05) is 19.3 Å². The van der Waals surface area contributed by atoms with E-state index in [9.17, 15) is 13.2 Å². The van der Waals surface area contributed by atoms with E-state index in [1.54, 1.807) is 12.1 Å². The number of carbonyl (C=O) groups excluding carboxylic acids is 1. The molecule has 6 nitrogen and oxygen atoms in total. The number of rotatable bonds is 3. The zero-order valence-electron chi connectivity index (χ0n) is 14.8. The standard InChI is InChI=1S/C18H27N3O3S/c1-14-13-16(20-18(22)19-15-7-3-2-4-8-15)9-10-17(14)21-11-5-6-12-25(21,23)24/h9-10,13,15H,2-8,11-12H2,1H3,(H2,19,20,22). The highest BCUT2D eigenvalue weighted by Crippen LogP contribution is 2.29. The van der Waals surface area contributed by atoms with E-state index >= 15 is 0 Å². The van der Waals surface area contributed by atoms with Crippen molar-refractivity contribution in [2.75, 3.05) is 21.9 Å². The molecule has 138 valence electrons. The van der Waals surface area contributed by atoms with Crippen LogP contribution in [0.1, 0.15) is 50.5 Å². The SMILES string of the molecule is Cc1cc(NC(=O)NC2CCCCC2)ccc1N1CCCCS1(=O)=O. The van der Waals surface area contributed by atoms with Gasteiger partial charge < -0.3 is 10.6 Å². The first-order chi connectivity index (χ1) is 12.0. The van der Waals surface area contributed by atoms with Gasteiger partial charge in [0.05, 0.1) is 11.4 Å². The Labute approximate surface area is 150 Å². The molecule has 1 heterocycles. The molecule has 0 radical (unpaired) electrons. The molecular weight excluding hydrogens is 338 g/mol. The maximum Gasteiger partial charge on any atom is 0.319 e. The topological polar surface area (TPSA) is 78.5 Å². The lowest BCUT2D eigenvalue weighted by atomic mass is 9.96. The van der Waals surface area contributed by atoms with Crippen LogP contribution < -0.4 is 14.9 Å². The Morgan fingerprint density at radius 3 is 2.56 bits per heavy atom. The van der Waals surface area contributed by atoms with Crippen LogP contribution in [0.25, 0.3) is 0 Å². The number of aryl methyl sites for hydroxylation is 1. The Balaban J connectivity index is 1.66. The van der Waals surface area contributed by atoms with E-state index in [2.05, 4.69) is 10.6 Å². The summed E-state index contributed by atoms with van der Waals surface area (Å²) in [5.41, 5.74) is 2.24. The average Bonchev–Trinajstić information content (AvgIpc) is 2.56. The molecule has 1 aromatic carbocycles. The summed E-state index contributed by atoms with van der Waals surface area (Å²) in [5.74, 6) is 0.205. The molecule has 2 fully saturated rings. The smallest absolute Gasteiger partial charge is 0.319 e. The molecule has 25 heavy (non-hydrogen) atoms. The van der Waals surface area contributed by atoms with Gasteiger partial charge >= 0.3 is 6.03 Å². The van der Waals surface area contributed by atoms with E-state index < -0.39 is 10.0 Å². The fourth-order valence-electron chi connectivity index (χ4n) is 3.67. The monoisotopic (exact) mass is 365 g/mol. The first-order valence-electron chi connectivity index (χ1n) is 9.14. The van der Waals surface area contributed by atoms with Crippen molar-refractivity contribution in [1.82, 2.24) is 5.32 Å². The highest BCUT2D eigenvalue weighted by molar-refractivity contribution is 7.92. The van der Waals surface area contributed by atoms with Gasteiger partial charge in [-0.2, -0.15) is 0 Å². The largest absolute Gasteiger partial charge is 0.335 e. The lowest BCUT2D eigenvalue weighted by Gasteiger charge is -2.29. The quantitative estimate of drug-likeness (QED) is 0.862. The minimum absolute atomic E-state index is 0.190. The first-order valence-corrected chi connectivity index (χ1v) is 10.8. The summed E-state index contributed by atoms with van der Waals surface area (Å²) >= 11 is 0. The van der Waals surface area contributed by atoms with Crippen molar-refractivity contribution >= 4 is 27.4 Å². The van der Waals surface area contributed by atoms with Crippen molar-refractivity contribution in [2.45, 2.75) is 57.9 Å². The number of carbonyl (C=O) groups is 1. The molecule has 0 bridgehead atoms. The molecule has 2 aliphatic rings. The number of nitrogens with zero attached hydrogens (tertiary/aromatic N) is 1. The van der Waals surface area contributed by atoms with E-state index in [-0.39, 0.29) is 17.8 Å². The van der Waals surface area contributed by atoms with Crippen molar-refractivity contribution < 1.29 is 13.2 Å². The third kappa shape index (κ3) is 4.45. The van der Waals surface area contributed by atoms with Crippen molar-refractivity contribution in [1.29, 1.82) is 0 Å². The van der Waals surface area contributed by atoms with Crippen LogP contribution in [0.2, 0.25) is 0 Å². The second-order valence-corrected chi connectivity index (χ2v) is 9.04. The van der Waals surface area contributed by atoms with E-state index in [1.165, 1.54) is 23.6 Å². The molecule has 0 spiro atoms. The lowest BCUT2D eigenvalue weighted by Crippen LogP contribution is -2.39. The normalized spacial score (nSPS) is 20.9. The molecular formula is C18H27N3O3S. The number of urea groups is 1. The van der Waals surface area contributed by atoms with Crippen LogP contribution in [0.4, 0.5) is 16.2 Å². The predicted octanol–water partition coefficient (Wildman–Crippen LogP) is 3.38. The van der Waals surface area contributed by atoms with Crippen molar-refractivity contribution in [3.8, 4) is 0 Å². The second-order valence-electron chi connectivity index (χ2n) is 7.03. The molecule has 7 heteroatoms. The Morgan fingerprint density at radius 1 is 1.12 bits per heavy atom. The molecule has 2 N–H and O–H groups in total. The molecule has 0 atom stereocenters. The number of anilines is 2. The average molecular weight is 365 g/mol. The highest BCUT2D eigenvalue weighted by Gasteiger charge is 2.27.